The summed E-state index contributed by atoms with van der Waals surface area (Å²) in [7, 11) is 0. The van der Waals surface area contributed by atoms with Crippen molar-refractivity contribution >= 4 is 46.5 Å². The Hall–Kier alpha value is -3.19. The molecule has 3 rings (SSSR count). The van der Waals surface area contributed by atoms with Crippen LogP contribution in [0.15, 0.2) is 24.7 Å². The standard InChI is InChI=1S/C18H17ClF3N7O2S/c1-3-29-11(6-26-17(29)23)14(30)27-8(2)16-25-7-12(32-16)15(31)28-13-4-9(18(20,21)22)10(19)5-24-13/h4-8H,3H2,1-2H3,(H2,23,26)(H,27,30)(H,24,28,31)/t8-/m1/s1. The summed E-state index contributed by atoms with van der Waals surface area (Å²) in [6.07, 6.45) is -1.27. The average molecular weight is 488 g/mol. The number of anilines is 2. The van der Waals surface area contributed by atoms with Gasteiger partial charge in [0.1, 0.15) is 21.4 Å². The van der Waals surface area contributed by atoms with Gasteiger partial charge in [-0.05, 0) is 19.9 Å². The van der Waals surface area contributed by atoms with Crippen molar-refractivity contribution in [2.24, 2.45) is 0 Å². The molecule has 4 N–H and O–H groups in total. The predicted molar refractivity (Wildman–Crippen MR) is 113 cm³/mol. The minimum atomic E-state index is -4.69. The van der Waals surface area contributed by atoms with Crippen LogP contribution in [0.4, 0.5) is 24.9 Å². The lowest BCUT2D eigenvalue weighted by Gasteiger charge is -2.12. The third-order valence-corrected chi connectivity index (χ3v) is 5.78. The lowest BCUT2D eigenvalue weighted by atomic mass is 10.2. The number of thiazole rings is 1. The molecule has 3 aromatic heterocycles. The molecule has 0 fully saturated rings. The Labute approximate surface area is 188 Å². The van der Waals surface area contributed by atoms with Gasteiger partial charge in [0.2, 0.25) is 5.95 Å². The maximum atomic E-state index is 13.0. The van der Waals surface area contributed by atoms with E-state index >= 15 is 0 Å². The van der Waals surface area contributed by atoms with E-state index in [1.165, 1.54) is 17.0 Å². The average Bonchev–Trinajstić information content (AvgIpc) is 3.35. The maximum Gasteiger partial charge on any atom is 0.418 e. The number of carbonyl (C=O) groups excluding carboxylic acids is 2. The lowest BCUT2D eigenvalue weighted by Crippen LogP contribution is -2.28. The minimum absolute atomic E-state index is 0.120. The van der Waals surface area contributed by atoms with Gasteiger partial charge >= 0.3 is 6.18 Å². The first kappa shape index (κ1) is 23.5. The van der Waals surface area contributed by atoms with Crippen LogP contribution >= 0.6 is 22.9 Å². The van der Waals surface area contributed by atoms with E-state index in [2.05, 4.69) is 25.6 Å². The van der Waals surface area contributed by atoms with Crippen molar-refractivity contribution in [1.29, 1.82) is 0 Å². The SMILES string of the molecule is CCn1c(C(=O)N[C@H](C)c2ncc(C(=O)Nc3cc(C(F)(F)F)c(Cl)cn3)s2)cnc1N. The van der Waals surface area contributed by atoms with E-state index in [0.717, 1.165) is 17.5 Å². The van der Waals surface area contributed by atoms with Gasteiger partial charge in [-0.15, -0.1) is 11.3 Å². The molecule has 0 aromatic carbocycles. The number of nitrogens with zero attached hydrogens (tertiary/aromatic N) is 4. The number of nitrogens with one attached hydrogen (secondary N) is 2. The lowest BCUT2D eigenvalue weighted by molar-refractivity contribution is -0.137. The van der Waals surface area contributed by atoms with Gasteiger partial charge in [0, 0.05) is 12.7 Å². The maximum absolute atomic E-state index is 13.0. The monoisotopic (exact) mass is 487 g/mol. The highest BCUT2D eigenvalue weighted by molar-refractivity contribution is 7.13. The molecule has 0 spiro atoms. The fraction of sp³-hybridized carbons (Fsp3) is 0.278. The van der Waals surface area contributed by atoms with Crippen molar-refractivity contribution in [2.45, 2.75) is 32.6 Å². The predicted octanol–water partition coefficient (Wildman–Crippen LogP) is 3.75. The molecule has 0 unspecified atom stereocenters. The summed E-state index contributed by atoms with van der Waals surface area (Å²) < 4.78 is 40.5. The zero-order valence-corrected chi connectivity index (χ0v) is 18.3. The van der Waals surface area contributed by atoms with Crippen molar-refractivity contribution in [3.63, 3.8) is 0 Å². The summed E-state index contributed by atoms with van der Waals surface area (Å²) in [6, 6.07) is 0.0918. The number of hydrogen-bond acceptors (Lipinski definition) is 7. The molecule has 0 radical (unpaired) electrons. The zero-order valence-electron chi connectivity index (χ0n) is 16.7. The second-order valence-electron chi connectivity index (χ2n) is 6.51. The molecule has 0 aliphatic heterocycles. The normalized spacial score (nSPS) is 12.4. The molecule has 0 bridgehead atoms. The van der Waals surface area contributed by atoms with Crippen molar-refractivity contribution in [1.82, 2.24) is 24.8 Å². The Morgan fingerprint density at radius 1 is 1.22 bits per heavy atom. The van der Waals surface area contributed by atoms with Crippen LogP contribution in [-0.2, 0) is 12.7 Å². The van der Waals surface area contributed by atoms with Crippen molar-refractivity contribution in [2.75, 3.05) is 11.1 Å². The Balaban J connectivity index is 1.70. The fourth-order valence-electron chi connectivity index (χ4n) is 2.73. The van der Waals surface area contributed by atoms with Crippen molar-refractivity contribution < 1.29 is 22.8 Å². The van der Waals surface area contributed by atoms with Gasteiger partial charge in [0.25, 0.3) is 11.8 Å². The number of amides is 2. The number of aromatic nitrogens is 4. The van der Waals surface area contributed by atoms with Crippen LogP contribution in [0.3, 0.4) is 0 Å². The van der Waals surface area contributed by atoms with Crippen LogP contribution in [0.1, 0.15) is 50.6 Å². The Kier molecular flexibility index (Phi) is 6.69. The number of hydrogen-bond donors (Lipinski definition) is 3. The second-order valence-corrected chi connectivity index (χ2v) is 7.97. The molecular weight excluding hydrogens is 471 g/mol. The first-order chi connectivity index (χ1) is 15.0. The third kappa shape index (κ3) is 4.99. The first-order valence-corrected chi connectivity index (χ1v) is 10.3. The van der Waals surface area contributed by atoms with Gasteiger partial charge in [-0.3, -0.25) is 9.59 Å². The molecule has 3 aromatic rings. The second kappa shape index (κ2) is 9.12. The highest BCUT2D eigenvalue weighted by Crippen LogP contribution is 2.35. The number of nitrogens with two attached hydrogens (primary N) is 1. The third-order valence-electron chi connectivity index (χ3n) is 4.30. The highest BCUT2D eigenvalue weighted by atomic mass is 35.5. The van der Waals surface area contributed by atoms with Crippen LogP contribution in [0, 0.1) is 0 Å². The van der Waals surface area contributed by atoms with E-state index in [9.17, 15) is 22.8 Å². The molecule has 14 heteroatoms. The van der Waals surface area contributed by atoms with Gasteiger partial charge in [-0.2, -0.15) is 13.2 Å². The largest absolute Gasteiger partial charge is 0.418 e. The van der Waals surface area contributed by atoms with E-state index in [4.69, 9.17) is 17.3 Å². The molecule has 1 atom stereocenters. The van der Waals surface area contributed by atoms with Crippen LogP contribution in [-0.4, -0.2) is 31.3 Å². The molecule has 32 heavy (non-hydrogen) atoms. The molecule has 0 aliphatic carbocycles. The number of nitrogen functional groups attached to an aromatic ring is 1. The highest BCUT2D eigenvalue weighted by Gasteiger charge is 2.34. The van der Waals surface area contributed by atoms with E-state index in [1.54, 1.807) is 6.92 Å². The summed E-state index contributed by atoms with van der Waals surface area (Å²) in [4.78, 5) is 36.8. The number of imidazole rings is 1. The number of halogens is 4. The molecule has 2 amide bonds. The van der Waals surface area contributed by atoms with Crippen molar-refractivity contribution in [3.8, 4) is 0 Å². The van der Waals surface area contributed by atoms with Gasteiger partial charge in [0.15, 0.2) is 0 Å². The van der Waals surface area contributed by atoms with Gasteiger partial charge in [-0.1, -0.05) is 11.6 Å². The molecule has 3 heterocycles. The Bertz CT molecular complexity index is 1160. The minimum Gasteiger partial charge on any atom is -0.369 e. The summed E-state index contributed by atoms with van der Waals surface area (Å²) in [5, 5.41) is 4.86. The van der Waals surface area contributed by atoms with Gasteiger partial charge in [-0.25, -0.2) is 15.0 Å². The van der Waals surface area contributed by atoms with Crippen LogP contribution in [0.25, 0.3) is 0 Å². The summed E-state index contributed by atoms with van der Waals surface area (Å²) in [5.41, 5.74) is 4.88. The topological polar surface area (TPSA) is 128 Å². The van der Waals surface area contributed by atoms with Crippen LogP contribution < -0.4 is 16.4 Å². The van der Waals surface area contributed by atoms with Crippen LogP contribution in [0.2, 0.25) is 5.02 Å². The summed E-state index contributed by atoms with van der Waals surface area (Å²) in [6.45, 7) is 3.95. The number of alkyl halides is 3. The van der Waals surface area contributed by atoms with Gasteiger partial charge in [0.05, 0.1) is 29.0 Å². The molecule has 170 valence electrons. The molecule has 0 aliphatic rings. The van der Waals surface area contributed by atoms with E-state index in [0.29, 0.717) is 17.6 Å². The van der Waals surface area contributed by atoms with E-state index in [-0.39, 0.29) is 22.3 Å². The quantitative estimate of drug-likeness (QED) is 0.486. The van der Waals surface area contributed by atoms with Crippen LogP contribution in [0.5, 0.6) is 0 Å². The zero-order chi connectivity index (χ0) is 23.6. The Morgan fingerprint density at radius 3 is 2.59 bits per heavy atom. The molecule has 0 saturated heterocycles. The summed E-state index contributed by atoms with van der Waals surface area (Å²) in [5.74, 6) is -1.22. The molecular formula is C18H17ClF3N7O2S. The smallest absolute Gasteiger partial charge is 0.369 e. The van der Waals surface area contributed by atoms with Crippen molar-refractivity contribution in [3.05, 3.63) is 50.8 Å². The first-order valence-electron chi connectivity index (χ1n) is 9.13. The molecule has 9 nitrogen and oxygen atoms in total. The number of pyridine rings is 1. The van der Waals surface area contributed by atoms with E-state index in [1.807, 2.05) is 6.92 Å². The fourth-order valence-corrected chi connectivity index (χ4v) is 3.76. The summed E-state index contributed by atoms with van der Waals surface area (Å²) >= 11 is 6.50. The molecule has 0 saturated carbocycles. The van der Waals surface area contributed by atoms with E-state index < -0.39 is 34.6 Å². The number of rotatable bonds is 6. The van der Waals surface area contributed by atoms with Gasteiger partial charge < -0.3 is 20.9 Å². The number of carbonyl (C=O) groups is 2. The Morgan fingerprint density at radius 2 is 1.94 bits per heavy atom.